The first-order valence-electron chi connectivity index (χ1n) is 24.0. The fourth-order valence-corrected chi connectivity index (χ4v) is 9.67. The molecule has 10 aliphatic heterocycles. The van der Waals surface area contributed by atoms with Crippen LogP contribution in [0, 0.1) is 0 Å². The number of benzene rings is 5. The third-order valence-electron chi connectivity index (χ3n) is 13.5. The predicted octanol–water partition coefficient (Wildman–Crippen LogP) is 10.5. The molecule has 0 saturated carbocycles. The van der Waals surface area contributed by atoms with Crippen LogP contribution in [-0.4, -0.2) is 82.3 Å². The van der Waals surface area contributed by atoms with Crippen LogP contribution in [-0.2, 0) is 48.0 Å². The Kier molecular flexibility index (Phi) is 14.8. The largest absolute Gasteiger partial charge is 0.498 e. The maximum atomic E-state index is 6.58. The van der Waals surface area contributed by atoms with E-state index in [1.54, 1.807) is 42.7 Å². The summed E-state index contributed by atoms with van der Waals surface area (Å²) in [6.45, 7) is 4.39. The van der Waals surface area contributed by atoms with Crippen LogP contribution < -0.4 is 47.4 Å². The summed E-state index contributed by atoms with van der Waals surface area (Å²) in [5, 5.41) is 0. The van der Waals surface area contributed by atoms with Crippen molar-refractivity contribution in [3.05, 3.63) is 139 Å². The first-order valence-corrected chi connectivity index (χ1v) is 24.0. The lowest BCUT2D eigenvalue weighted by atomic mass is 9.94. The smallest absolute Gasteiger partial charge is 0.161 e. The monoisotopic (exact) mass is 940 g/mol. The minimum atomic E-state index is 0.404. The number of ether oxygens (including phenoxy) is 12. The molecule has 16 bridgehead atoms. The van der Waals surface area contributed by atoms with E-state index in [9.17, 15) is 0 Å². The highest BCUT2D eigenvalue weighted by Crippen LogP contribution is 2.43. The van der Waals surface area contributed by atoms with Crippen LogP contribution in [0.2, 0.25) is 0 Å². The van der Waals surface area contributed by atoms with E-state index >= 15 is 0 Å². The second kappa shape index (κ2) is 21.6. The summed E-state index contributed by atoms with van der Waals surface area (Å²) in [5.74, 6) is 8.10. The SMILES string of the molecule is CO/C(C)=C1/C=C2\CCc3cc4c(OC)cc3Cc3cc(c(OC)cc3C2)OCCCOc2cc3c(cc2OC)Cc2cc(c(OC)cc2Cc2cc(c(OC)cc2C3)OCCCO1)OCCCO4. The Labute approximate surface area is 405 Å². The van der Waals surface area contributed by atoms with Crippen molar-refractivity contribution in [2.75, 3.05) is 82.3 Å². The van der Waals surface area contributed by atoms with E-state index < -0.39 is 0 Å². The first-order chi connectivity index (χ1) is 33.8. The number of allylic oxidation sites excluding steroid dienone is 3. The molecule has 12 nitrogen and oxygen atoms in total. The van der Waals surface area contributed by atoms with Gasteiger partial charge in [0.05, 0.1) is 82.3 Å². The fraction of sp³-hybridized carbons (Fsp3) is 0.404. The first kappa shape index (κ1) is 47.3. The van der Waals surface area contributed by atoms with E-state index in [1.807, 2.05) is 6.92 Å². The second-order valence-electron chi connectivity index (χ2n) is 17.8. The van der Waals surface area contributed by atoms with Crippen molar-refractivity contribution >= 4 is 0 Å². The highest BCUT2D eigenvalue weighted by molar-refractivity contribution is 5.59. The average molecular weight is 941 g/mol. The van der Waals surface area contributed by atoms with Gasteiger partial charge in [0, 0.05) is 19.3 Å². The van der Waals surface area contributed by atoms with Crippen molar-refractivity contribution in [3.8, 4) is 57.5 Å². The molecule has 5 aromatic rings. The maximum absolute atomic E-state index is 6.58. The summed E-state index contributed by atoms with van der Waals surface area (Å²) in [7, 11) is 10.1. The molecular formula is C57H64O12. The molecule has 5 aromatic carbocycles. The Morgan fingerprint density at radius 1 is 0.348 bits per heavy atom. The molecule has 69 heavy (non-hydrogen) atoms. The maximum Gasteiger partial charge on any atom is 0.161 e. The minimum Gasteiger partial charge on any atom is -0.498 e. The van der Waals surface area contributed by atoms with Gasteiger partial charge in [-0.15, -0.1) is 0 Å². The summed E-state index contributed by atoms with van der Waals surface area (Å²) in [6.07, 6.45) is 8.73. The second-order valence-corrected chi connectivity index (χ2v) is 17.8. The van der Waals surface area contributed by atoms with Crippen LogP contribution in [0.1, 0.15) is 88.2 Å². The van der Waals surface area contributed by atoms with Gasteiger partial charge in [-0.3, -0.25) is 0 Å². The number of aryl methyl sites for hydroxylation is 1. The molecule has 0 aromatic heterocycles. The van der Waals surface area contributed by atoms with Gasteiger partial charge in [0.25, 0.3) is 0 Å². The minimum absolute atomic E-state index is 0.404. The van der Waals surface area contributed by atoms with Crippen LogP contribution in [0.25, 0.3) is 0 Å². The highest BCUT2D eigenvalue weighted by atomic mass is 16.5. The third kappa shape index (κ3) is 10.6. The summed E-state index contributed by atoms with van der Waals surface area (Å²) in [5.41, 5.74) is 12.4. The Bertz CT molecular complexity index is 2730. The van der Waals surface area contributed by atoms with Gasteiger partial charge in [-0.05, 0) is 174 Å². The number of hydrogen-bond donors (Lipinski definition) is 0. The van der Waals surface area contributed by atoms with E-state index in [1.165, 1.54) is 11.1 Å². The molecule has 0 spiro atoms. The van der Waals surface area contributed by atoms with E-state index in [0.717, 1.165) is 62.9 Å². The molecule has 0 fully saturated rings. The van der Waals surface area contributed by atoms with Gasteiger partial charge in [-0.25, -0.2) is 0 Å². The summed E-state index contributed by atoms with van der Waals surface area (Å²) in [6, 6.07) is 21.2. The summed E-state index contributed by atoms with van der Waals surface area (Å²) in [4.78, 5) is 0. The lowest BCUT2D eigenvalue weighted by Gasteiger charge is -2.19. The van der Waals surface area contributed by atoms with Gasteiger partial charge in [-0.2, -0.15) is 0 Å². The molecule has 12 heteroatoms. The molecule has 364 valence electrons. The quantitative estimate of drug-likeness (QED) is 0.148. The van der Waals surface area contributed by atoms with Crippen LogP contribution in [0.3, 0.4) is 0 Å². The van der Waals surface area contributed by atoms with E-state index in [-0.39, 0.29) is 0 Å². The van der Waals surface area contributed by atoms with Crippen LogP contribution in [0.4, 0.5) is 0 Å². The molecule has 10 heterocycles. The zero-order valence-corrected chi connectivity index (χ0v) is 41.1. The van der Waals surface area contributed by atoms with Gasteiger partial charge in [0.15, 0.2) is 63.3 Å². The Morgan fingerprint density at radius 2 is 0.638 bits per heavy atom. The topological polar surface area (TPSA) is 111 Å². The van der Waals surface area contributed by atoms with E-state index in [2.05, 4.69) is 66.7 Å². The predicted molar refractivity (Wildman–Crippen MR) is 263 cm³/mol. The third-order valence-corrected chi connectivity index (χ3v) is 13.5. The van der Waals surface area contributed by atoms with E-state index in [4.69, 9.17) is 56.8 Å². The van der Waals surface area contributed by atoms with Gasteiger partial charge < -0.3 is 56.8 Å². The van der Waals surface area contributed by atoms with Crippen molar-refractivity contribution in [2.45, 2.75) is 71.1 Å². The molecule has 0 atom stereocenters. The van der Waals surface area contributed by atoms with Crippen molar-refractivity contribution in [3.63, 3.8) is 0 Å². The van der Waals surface area contributed by atoms with Crippen molar-refractivity contribution < 1.29 is 56.8 Å². The van der Waals surface area contributed by atoms with Gasteiger partial charge in [-0.1, -0.05) is 5.57 Å². The van der Waals surface area contributed by atoms with Crippen LogP contribution in [0.5, 0.6) is 57.5 Å². The Hall–Kier alpha value is -6.82. The number of rotatable bonds is 6. The normalized spacial score (nSPS) is 17.4. The fourth-order valence-electron chi connectivity index (χ4n) is 9.67. The molecular weight excluding hydrogens is 877 g/mol. The molecule has 12 aliphatic rings. The Balaban J connectivity index is 1.22. The zero-order chi connectivity index (χ0) is 47.9. The molecule has 2 aliphatic carbocycles. The van der Waals surface area contributed by atoms with E-state index in [0.29, 0.717) is 160 Å². The molecule has 0 amide bonds. The van der Waals surface area contributed by atoms with Crippen LogP contribution in [0.15, 0.2) is 83.8 Å². The van der Waals surface area contributed by atoms with Crippen molar-refractivity contribution in [1.29, 1.82) is 0 Å². The summed E-state index contributed by atoms with van der Waals surface area (Å²) < 4.78 is 75.3. The van der Waals surface area contributed by atoms with Gasteiger partial charge >= 0.3 is 0 Å². The van der Waals surface area contributed by atoms with Crippen molar-refractivity contribution in [1.82, 2.24) is 0 Å². The average Bonchev–Trinajstić information content (AvgIpc) is 3.46. The number of fused-ring (bicyclic) bond motifs is 1. The zero-order valence-electron chi connectivity index (χ0n) is 41.1. The molecule has 0 N–H and O–H groups in total. The van der Waals surface area contributed by atoms with Crippen molar-refractivity contribution in [2.24, 2.45) is 0 Å². The molecule has 0 radical (unpaired) electrons. The van der Waals surface area contributed by atoms with Gasteiger partial charge in [0.2, 0.25) is 0 Å². The lowest BCUT2D eigenvalue weighted by Crippen LogP contribution is -2.09. The molecule has 0 unspecified atom stereocenters. The van der Waals surface area contributed by atoms with Gasteiger partial charge in [0.1, 0.15) is 5.76 Å². The highest BCUT2D eigenvalue weighted by Gasteiger charge is 2.25. The Morgan fingerprint density at radius 3 is 0.971 bits per heavy atom. The number of hydrogen-bond acceptors (Lipinski definition) is 12. The lowest BCUT2D eigenvalue weighted by molar-refractivity contribution is 0.167. The molecule has 17 rings (SSSR count). The number of methoxy groups -OCH3 is 6. The molecule has 0 saturated heterocycles. The summed E-state index contributed by atoms with van der Waals surface area (Å²) >= 11 is 0. The van der Waals surface area contributed by atoms with Crippen LogP contribution >= 0.6 is 0 Å². The standard InChI is InChI=1S/C57H64O12/c1-35(58-2)47-20-36-11-12-37-25-53-49(60-4)27-39(37)21-43-31-54(48(59-3)26-38(43)19-36)67-17-10-18-69-57-34-46-23-40-28-50(61-5)55(66-14-8-13-64-47)32-44(40)22-41-29-51(62-6)56(68-16-9-15-65-53)33-45(41)24-42(46)30-52(57)63-7/h20,25-34H,8-19,21-24H2,1-7H3/b36-20+,47-35-.